The van der Waals surface area contributed by atoms with Crippen LogP contribution in [0.2, 0.25) is 0 Å². The summed E-state index contributed by atoms with van der Waals surface area (Å²) in [5.41, 5.74) is 7.05. The van der Waals surface area contributed by atoms with Crippen LogP contribution >= 0.6 is 0 Å². The first-order chi connectivity index (χ1) is 8.33. The number of ether oxygens (including phenoxy) is 1. The smallest absolute Gasteiger partial charge is 0.180 e. The van der Waals surface area contributed by atoms with Gasteiger partial charge in [0.25, 0.3) is 0 Å². The highest BCUT2D eigenvalue weighted by atomic mass is 32.2. The maximum atomic E-state index is 12.0. The van der Waals surface area contributed by atoms with Crippen molar-refractivity contribution in [2.75, 3.05) is 24.7 Å². The molecule has 5 heteroatoms. The van der Waals surface area contributed by atoms with E-state index in [-0.39, 0.29) is 12.4 Å². The lowest BCUT2D eigenvalue weighted by atomic mass is 10.2. The summed E-state index contributed by atoms with van der Waals surface area (Å²) >= 11 is 0. The third kappa shape index (κ3) is 4.31. The van der Waals surface area contributed by atoms with E-state index in [0.717, 1.165) is 5.56 Å². The number of sulfone groups is 1. The molecule has 0 unspecified atom stereocenters. The predicted octanol–water partition coefficient (Wildman–Crippen LogP) is 2.02. The Morgan fingerprint density at radius 1 is 1.33 bits per heavy atom. The summed E-state index contributed by atoms with van der Waals surface area (Å²) in [5, 5.41) is 0. The van der Waals surface area contributed by atoms with E-state index in [0.29, 0.717) is 23.1 Å². The highest BCUT2D eigenvalue weighted by Gasteiger charge is 2.15. The molecule has 0 saturated heterocycles. The number of benzene rings is 1. The second-order valence-electron chi connectivity index (χ2n) is 4.81. The molecule has 18 heavy (non-hydrogen) atoms. The normalized spacial score (nSPS) is 12.0. The van der Waals surface area contributed by atoms with Gasteiger partial charge in [-0.05, 0) is 36.6 Å². The average molecular weight is 271 g/mol. The van der Waals surface area contributed by atoms with Crippen molar-refractivity contribution in [1.82, 2.24) is 0 Å². The van der Waals surface area contributed by atoms with Crippen LogP contribution in [0.3, 0.4) is 0 Å². The fourth-order valence-corrected chi connectivity index (χ4v) is 2.65. The summed E-state index contributed by atoms with van der Waals surface area (Å²) in [5.74, 6) is 0.412. The van der Waals surface area contributed by atoms with Crippen molar-refractivity contribution in [2.45, 2.75) is 25.7 Å². The summed E-state index contributed by atoms with van der Waals surface area (Å²) < 4.78 is 29.3. The minimum Gasteiger partial charge on any atom is -0.399 e. The maximum absolute atomic E-state index is 12.0. The van der Waals surface area contributed by atoms with E-state index in [4.69, 9.17) is 10.5 Å². The lowest BCUT2D eigenvalue weighted by molar-refractivity contribution is 0.123. The molecule has 0 bridgehead atoms. The first kappa shape index (κ1) is 15.0. The highest BCUT2D eigenvalue weighted by molar-refractivity contribution is 7.91. The number of nitrogens with two attached hydrogens (primary N) is 1. The molecule has 0 saturated carbocycles. The molecule has 0 aliphatic rings. The standard InChI is InChI=1S/C13H21NO3S/c1-10(2)9-17-6-7-18(15,16)12-4-5-13(14)11(3)8-12/h4-5,8,10H,6-7,9,14H2,1-3H3. The molecule has 1 aromatic rings. The lowest BCUT2D eigenvalue weighted by Gasteiger charge is -2.09. The van der Waals surface area contributed by atoms with Crippen LogP contribution in [-0.4, -0.2) is 27.4 Å². The zero-order chi connectivity index (χ0) is 13.8. The molecule has 0 fully saturated rings. The van der Waals surface area contributed by atoms with E-state index in [1.54, 1.807) is 25.1 Å². The Labute approximate surface area is 109 Å². The van der Waals surface area contributed by atoms with Crippen LogP contribution in [-0.2, 0) is 14.6 Å². The molecule has 0 aliphatic carbocycles. The van der Waals surface area contributed by atoms with Crippen molar-refractivity contribution in [3.63, 3.8) is 0 Å². The van der Waals surface area contributed by atoms with E-state index in [1.807, 2.05) is 13.8 Å². The molecule has 0 aliphatic heterocycles. The average Bonchev–Trinajstić information content (AvgIpc) is 2.28. The van der Waals surface area contributed by atoms with Crippen molar-refractivity contribution < 1.29 is 13.2 Å². The van der Waals surface area contributed by atoms with Gasteiger partial charge in [-0.3, -0.25) is 0 Å². The zero-order valence-corrected chi connectivity index (χ0v) is 12.0. The quantitative estimate of drug-likeness (QED) is 0.635. The molecule has 0 atom stereocenters. The van der Waals surface area contributed by atoms with E-state index >= 15 is 0 Å². The number of aryl methyl sites for hydroxylation is 1. The Kier molecular flexibility index (Phi) is 5.16. The van der Waals surface area contributed by atoms with Crippen LogP contribution in [0.1, 0.15) is 19.4 Å². The van der Waals surface area contributed by atoms with Crippen molar-refractivity contribution in [1.29, 1.82) is 0 Å². The van der Waals surface area contributed by atoms with E-state index in [2.05, 4.69) is 0 Å². The van der Waals surface area contributed by atoms with Crippen molar-refractivity contribution in [3.8, 4) is 0 Å². The van der Waals surface area contributed by atoms with Gasteiger partial charge in [0, 0.05) is 12.3 Å². The predicted molar refractivity (Wildman–Crippen MR) is 73.3 cm³/mol. The van der Waals surface area contributed by atoms with Gasteiger partial charge >= 0.3 is 0 Å². The highest BCUT2D eigenvalue weighted by Crippen LogP contribution is 2.18. The number of nitrogen functional groups attached to an aromatic ring is 1. The fourth-order valence-electron chi connectivity index (χ4n) is 1.45. The summed E-state index contributed by atoms with van der Waals surface area (Å²) in [6.45, 7) is 6.65. The molecular weight excluding hydrogens is 250 g/mol. The Morgan fingerprint density at radius 2 is 2.00 bits per heavy atom. The SMILES string of the molecule is Cc1cc(S(=O)(=O)CCOCC(C)C)ccc1N. The molecule has 2 N–H and O–H groups in total. The van der Waals surface area contributed by atoms with Crippen LogP contribution in [0.4, 0.5) is 5.69 Å². The molecule has 0 radical (unpaired) electrons. The third-order valence-corrected chi connectivity index (χ3v) is 4.22. The summed E-state index contributed by atoms with van der Waals surface area (Å²) in [4.78, 5) is 0.308. The number of hydrogen-bond acceptors (Lipinski definition) is 4. The molecule has 0 heterocycles. The number of hydrogen-bond donors (Lipinski definition) is 1. The lowest BCUT2D eigenvalue weighted by Crippen LogP contribution is -2.14. The summed E-state index contributed by atoms with van der Waals surface area (Å²) in [6, 6.07) is 4.77. The third-order valence-electron chi connectivity index (χ3n) is 2.55. The molecule has 4 nitrogen and oxygen atoms in total. The van der Waals surface area contributed by atoms with Gasteiger partial charge in [0.15, 0.2) is 9.84 Å². The largest absolute Gasteiger partial charge is 0.399 e. The zero-order valence-electron chi connectivity index (χ0n) is 11.1. The monoisotopic (exact) mass is 271 g/mol. The molecule has 102 valence electrons. The van der Waals surface area contributed by atoms with Crippen molar-refractivity contribution in [3.05, 3.63) is 23.8 Å². The van der Waals surface area contributed by atoms with E-state index in [9.17, 15) is 8.42 Å². The molecule has 0 amide bonds. The Bertz CT molecular complexity index is 495. The molecule has 0 spiro atoms. The van der Waals surface area contributed by atoms with Gasteiger partial charge in [-0.15, -0.1) is 0 Å². The second kappa shape index (κ2) is 6.20. The Morgan fingerprint density at radius 3 is 2.56 bits per heavy atom. The van der Waals surface area contributed by atoms with Gasteiger partial charge in [-0.2, -0.15) is 0 Å². The Balaban J connectivity index is 2.66. The van der Waals surface area contributed by atoms with Gasteiger partial charge in [0.2, 0.25) is 0 Å². The van der Waals surface area contributed by atoms with Gasteiger partial charge in [0.05, 0.1) is 17.3 Å². The van der Waals surface area contributed by atoms with Crippen molar-refractivity contribution in [2.24, 2.45) is 5.92 Å². The fraction of sp³-hybridized carbons (Fsp3) is 0.538. The minimum atomic E-state index is -3.28. The van der Waals surface area contributed by atoms with Crippen molar-refractivity contribution >= 4 is 15.5 Å². The first-order valence-electron chi connectivity index (χ1n) is 5.99. The van der Waals surface area contributed by atoms with Crippen LogP contribution in [0.15, 0.2) is 23.1 Å². The minimum absolute atomic E-state index is 0.00305. The molecular formula is C13H21NO3S. The van der Waals surface area contributed by atoms with Crippen LogP contribution in [0, 0.1) is 12.8 Å². The van der Waals surface area contributed by atoms with E-state index in [1.165, 1.54) is 0 Å². The van der Waals surface area contributed by atoms with Crippen LogP contribution < -0.4 is 5.73 Å². The molecule has 1 aromatic carbocycles. The van der Waals surface area contributed by atoms with Crippen LogP contribution in [0.25, 0.3) is 0 Å². The molecule has 1 rings (SSSR count). The maximum Gasteiger partial charge on any atom is 0.180 e. The Hall–Kier alpha value is -1.07. The number of rotatable bonds is 6. The van der Waals surface area contributed by atoms with Gasteiger partial charge in [-0.1, -0.05) is 13.8 Å². The molecule has 0 aromatic heterocycles. The van der Waals surface area contributed by atoms with Gasteiger partial charge in [-0.25, -0.2) is 8.42 Å². The summed E-state index contributed by atoms with van der Waals surface area (Å²) in [7, 11) is -3.28. The van der Waals surface area contributed by atoms with Gasteiger partial charge < -0.3 is 10.5 Å². The summed E-state index contributed by atoms with van der Waals surface area (Å²) in [6.07, 6.45) is 0. The van der Waals surface area contributed by atoms with Gasteiger partial charge in [0.1, 0.15) is 0 Å². The topological polar surface area (TPSA) is 69.4 Å². The number of anilines is 1. The first-order valence-corrected chi connectivity index (χ1v) is 7.65. The second-order valence-corrected chi connectivity index (χ2v) is 6.92. The van der Waals surface area contributed by atoms with E-state index < -0.39 is 9.84 Å². The van der Waals surface area contributed by atoms with Crippen LogP contribution in [0.5, 0.6) is 0 Å².